The van der Waals surface area contributed by atoms with Gasteiger partial charge in [0.15, 0.2) is 5.65 Å². The van der Waals surface area contributed by atoms with Crippen LogP contribution in [0, 0.1) is 6.92 Å². The Kier molecular flexibility index (Phi) is 6.18. The molecular formula is C23H29ClN4O3. The van der Waals surface area contributed by atoms with Crippen LogP contribution in [0.4, 0.5) is 5.69 Å². The molecule has 8 heteroatoms. The van der Waals surface area contributed by atoms with E-state index < -0.39 is 0 Å². The second-order valence-corrected chi connectivity index (χ2v) is 9.16. The van der Waals surface area contributed by atoms with Crippen LogP contribution in [0.15, 0.2) is 18.2 Å². The predicted molar refractivity (Wildman–Crippen MR) is 124 cm³/mol. The summed E-state index contributed by atoms with van der Waals surface area (Å²) in [7, 11) is 3.04. The molecule has 1 aromatic carbocycles. The zero-order chi connectivity index (χ0) is 23.1. The summed E-state index contributed by atoms with van der Waals surface area (Å²) in [4.78, 5) is 18.3. The van der Waals surface area contributed by atoms with Crippen LogP contribution in [-0.2, 0) is 5.54 Å². The normalized spacial score (nSPS) is 11.8. The van der Waals surface area contributed by atoms with Gasteiger partial charge in [0, 0.05) is 17.8 Å². The Morgan fingerprint density at radius 3 is 2.32 bits per heavy atom. The molecule has 1 N–H and O–H groups in total. The Bertz CT molecular complexity index is 1150. The number of benzene rings is 1. The molecule has 3 rings (SSSR count). The fourth-order valence-corrected chi connectivity index (χ4v) is 3.63. The number of carbonyl (C=O) groups excluding carboxylic acids is 1. The molecule has 3 aromatic rings. The zero-order valence-electron chi connectivity index (χ0n) is 19.3. The van der Waals surface area contributed by atoms with E-state index in [1.54, 1.807) is 12.1 Å². The number of nitrogens with one attached hydrogen (secondary N) is 1. The largest absolute Gasteiger partial charge is 0.495 e. The number of ether oxygens (including phenoxy) is 2. The van der Waals surface area contributed by atoms with Gasteiger partial charge >= 0.3 is 0 Å². The summed E-state index contributed by atoms with van der Waals surface area (Å²) in [5.74, 6) is 0.742. The molecule has 0 aliphatic heterocycles. The third-order valence-electron chi connectivity index (χ3n) is 5.03. The molecule has 2 aromatic heterocycles. The highest BCUT2D eigenvalue weighted by Crippen LogP contribution is 2.37. The van der Waals surface area contributed by atoms with E-state index in [2.05, 4.69) is 26.1 Å². The van der Waals surface area contributed by atoms with Crippen molar-refractivity contribution >= 4 is 34.2 Å². The number of fused-ring (bicyclic) bond motifs is 1. The van der Waals surface area contributed by atoms with Gasteiger partial charge in [-0.3, -0.25) is 4.79 Å². The van der Waals surface area contributed by atoms with Crippen molar-refractivity contribution in [1.82, 2.24) is 14.8 Å². The van der Waals surface area contributed by atoms with E-state index >= 15 is 0 Å². The summed E-state index contributed by atoms with van der Waals surface area (Å²) in [6.45, 7) is 12.2. The minimum Gasteiger partial charge on any atom is -0.495 e. The number of aryl methyl sites for hydroxylation is 1. The summed E-state index contributed by atoms with van der Waals surface area (Å²) in [6, 6.07) is 5.09. The Hall–Kier alpha value is -2.80. The van der Waals surface area contributed by atoms with Gasteiger partial charge in [0.1, 0.15) is 11.5 Å². The summed E-state index contributed by atoms with van der Waals surface area (Å²) in [5.41, 5.74) is 2.96. The van der Waals surface area contributed by atoms with E-state index in [1.807, 2.05) is 31.5 Å². The third-order valence-corrected chi connectivity index (χ3v) is 5.32. The van der Waals surface area contributed by atoms with Gasteiger partial charge in [-0.2, -0.15) is 5.10 Å². The number of pyridine rings is 1. The molecule has 0 aliphatic carbocycles. The highest BCUT2D eigenvalue weighted by Gasteiger charge is 2.26. The lowest BCUT2D eigenvalue weighted by molar-refractivity contribution is 0.102. The number of hydrogen-bond acceptors (Lipinski definition) is 5. The first-order valence-corrected chi connectivity index (χ1v) is 10.5. The Morgan fingerprint density at radius 2 is 1.77 bits per heavy atom. The lowest BCUT2D eigenvalue weighted by Gasteiger charge is -2.20. The standard InChI is InChI=1S/C23H29ClN4O3/c1-12(2)16-9-14(20-13(3)27-28(21(20)25-16)23(4,5)6)22(29)26-17-11-18(30-7)15(24)10-19(17)31-8/h9-12H,1-8H3,(H,26,29). The smallest absolute Gasteiger partial charge is 0.256 e. The third kappa shape index (κ3) is 4.32. The van der Waals surface area contributed by atoms with Gasteiger partial charge in [-0.1, -0.05) is 25.4 Å². The van der Waals surface area contributed by atoms with Crippen LogP contribution in [0.3, 0.4) is 0 Å². The SMILES string of the molecule is COc1cc(NC(=O)c2cc(C(C)C)nc3c2c(C)nn3C(C)(C)C)c(OC)cc1Cl. The van der Waals surface area contributed by atoms with Gasteiger partial charge < -0.3 is 14.8 Å². The van der Waals surface area contributed by atoms with Crippen molar-refractivity contribution < 1.29 is 14.3 Å². The van der Waals surface area contributed by atoms with Crippen molar-refractivity contribution in [2.45, 2.75) is 53.0 Å². The first-order chi connectivity index (χ1) is 14.5. The molecule has 0 aliphatic rings. The van der Waals surface area contributed by atoms with Crippen LogP contribution in [0.25, 0.3) is 11.0 Å². The second-order valence-electron chi connectivity index (χ2n) is 8.76. The molecule has 0 fully saturated rings. The molecular weight excluding hydrogens is 416 g/mol. The number of rotatable bonds is 5. The first-order valence-electron chi connectivity index (χ1n) is 10.1. The summed E-state index contributed by atoms with van der Waals surface area (Å²) < 4.78 is 12.6. The van der Waals surface area contributed by atoms with Crippen molar-refractivity contribution in [3.63, 3.8) is 0 Å². The number of aromatic nitrogens is 3. The maximum Gasteiger partial charge on any atom is 0.256 e. The summed E-state index contributed by atoms with van der Waals surface area (Å²) >= 11 is 6.20. The number of halogens is 1. The van der Waals surface area contributed by atoms with E-state index in [0.717, 1.165) is 16.8 Å². The summed E-state index contributed by atoms with van der Waals surface area (Å²) in [5, 5.41) is 8.77. The highest BCUT2D eigenvalue weighted by molar-refractivity contribution is 6.32. The monoisotopic (exact) mass is 444 g/mol. The average molecular weight is 445 g/mol. The highest BCUT2D eigenvalue weighted by atomic mass is 35.5. The van der Waals surface area contributed by atoms with Gasteiger partial charge in [-0.15, -0.1) is 0 Å². The van der Waals surface area contributed by atoms with E-state index in [9.17, 15) is 4.79 Å². The van der Waals surface area contributed by atoms with Crippen molar-refractivity contribution in [2.75, 3.05) is 19.5 Å². The minimum atomic E-state index is -0.284. The molecule has 0 saturated heterocycles. The zero-order valence-corrected chi connectivity index (χ0v) is 20.0. The molecule has 0 bridgehead atoms. The van der Waals surface area contributed by atoms with E-state index in [-0.39, 0.29) is 17.4 Å². The van der Waals surface area contributed by atoms with Gasteiger partial charge in [0.05, 0.1) is 47.1 Å². The molecule has 1 amide bonds. The Morgan fingerprint density at radius 1 is 1.13 bits per heavy atom. The number of carbonyl (C=O) groups is 1. The van der Waals surface area contributed by atoms with Gasteiger partial charge in [0.25, 0.3) is 5.91 Å². The fraction of sp³-hybridized carbons (Fsp3) is 0.435. The Balaban J connectivity index is 2.19. The molecule has 0 radical (unpaired) electrons. The van der Waals surface area contributed by atoms with E-state index in [0.29, 0.717) is 33.4 Å². The maximum atomic E-state index is 13.5. The first kappa shape index (κ1) is 22.9. The molecule has 7 nitrogen and oxygen atoms in total. The molecule has 166 valence electrons. The predicted octanol–water partition coefficient (Wildman–Crippen LogP) is 5.54. The molecule has 0 saturated carbocycles. The average Bonchev–Trinajstić information content (AvgIpc) is 3.05. The second kappa shape index (κ2) is 8.38. The fourth-order valence-electron chi connectivity index (χ4n) is 3.40. The number of anilines is 1. The van der Waals surface area contributed by atoms with E-state index in [1.165, 1.54) is 14.2 Å². The number of methoxy groups -OCH3 is 2. The van der Waals surface area contributed by atoms with Crippen molar-refractivity contribution in [2.24, 2.45) is 0 Å². The van der Waals surface area contributed by atoms with Crippen LogP contribution in [0.2, 0.25) is 5.02 Å². The van der Waals surface area contributed by atoms with Crippen molar-refractivity contribution in [3.05, 3.63) is 40.2 Å². The quantitative estimate of drug-likeness (QED) is 0.558. The van der Waals surface area contributed by atoms with Crippen LogP contribution >= 0.6 is 11.6 Å². The van der Waals surface area contributed by atoms with Crippen LogP contribution in [0.5, 0.6) is 11.5 Å². The molecule has 31 heavy (non-hydrogen) atoms. The topological polar surface area (TPSA) is 78.3 Å². The lowest BCUT2D eigenvalue weighted by atomic mass is 10.0. The molecule has 2 heterocycles. The van der Waals surface area contributed by atoms with Crippen molar-refractivity contribution in [1.29, 1.82) is 0 Å². The van der Waals surface area contributed by atoms with Crippen molar-refractivity contribution in [3.8, 4) is 11.5 Å². The van der Waals surface area contributed by atoms with Gasteiger partial charge in [-0.05, 0) is 39.7 Å². The van der Waals surface area contributed by atoms with E-state index in [4.69, 9.17) is 31.2 Å². The van der Waals surface area contributed by atoms with Gasteiger partial charge in [-0.25, -0.2) is 9.67 Å². The van der Waals surface area contributed by atoms with Gasteiger partial charge in [0.2, 0.25) is 0 Å². The maximum absolute atomic E-state index is 13.5. The lowest BCUT2D eigenvalue weighted by Crippen LogP contribution is -2.24. The molecule has 0 spiro atoms. The minimum absolute atomic E-state index is 0.143. The molecule has 0 unspecified atom stereocenters. The number of amides is 1. The number of nitrogens with zero attached hydrogens (tertiary/aromatic N) is 3. The van der Waals surface area contributed by atoms with Crippen LogP contribution in [-0.4, -0.2) is 34.9 Å². The molecule has 0 atom stereocenters. The number of hydrogen-bond donors (Lipinski definition) is 1. The van der Waals surface area contributed by atoms with Crippen LogP contribution in [0.1, 0.15) is 62.3 Å². The van der Waals surface area contributed by atoms with Crippen LogP contribution < -0.4 is 14.8 Å². The summed E-state index contributed by atoms with van der Waals surface area (Å²) in [6.07, 6.45) is 0. The Labute approximate surface area is 187 Å².